The summed E-state index contributed by atoms with van der Waals surface area (Å²) in [7, 11) is -3.72. The van der Waals surface area contributed by atoms with Gasteiger partial charge in [0.2, 0.25) is 5.91 Å². The maximum absolute atomic E-state index is 13.2. The molecule has 9 heteroatoms. The summed E-state index contributed by atoms with van der Waals surface area (Å²) < 4.78 is 34.4. The van der Waals surface area contributed by atoms with Crippen molar-refractivity contribution in [3.63, 3.8) is 0 Å². The van der Waals surface area contributed by atoms with Crippen molar-refractivity contribution in [2.24, 2.45) is 4.40 Å². The molecule has 3 aliphatic rings. The van der Waals surface area contributed by atoms with Gasteiger partial charge in [0, 0.05) is 30.9 Å². The first-order valence-corrected chi connectivity index (χ1v) is 12.8. The number of sulfonamides is 1. The molecular weight excluding hydrogens is 440 g/mol. The minimum atomic E-state index is -3.72. The molecule has 1 N–H and O–H groups in total. The summed E-state index contributed by atoms with van der Waals surface area (Å²) in [6, 6.07) is 14.5. The molecule has 5 rings (SSSR count). The van der Waals surface area contributed by atoms with Crippen LogP contribution in [0.1, 0.15) is 36.9 Å². The van der Waals surface area contributed by atoms with Crippen molar-refractivity contribution in [2.75, 3.05) is 37.7 Å². The Morgan fingerprint density at radius 1 is 1.09 bits per heavy atom. The molecule has 0 saturated carbocycles. The summed E-state index contributed by atoms with van der Waals surface area (Å²) in [5.41, 5.74) is 2.75. The molecule has 1 amide bonds. The second-order valence-electron chi connectivity index (χ2n) is 8.66. The van der Waals surface area contributed by atoms with Gasteiger partial charge in [0.1, 0.15) is 10.9 Å². The number of carbonyl (C=O) groups is 1. The third-order valence-corrected chi connectivity index (χ3v) is 7.89. The number of benzene rings is 2. The Hall–Kier alpha value is -2.91. The normalized spacial score (nSPS) is 22.6. The molecule has 0 radical (unpaired) electrons. The molecular formula is C24H28N4O4S. The quantitative estimate of drug-likeness (QED) is 0.741. The molecule has 3 aliphatic heterocycles. The summed E-state index contributed by atoms with van der Waals surface area (Å²) in [6.45, 7) is 5.81. The van der Waals surface area contributed by atoms with Crippen LogP contribution in [0.25, 0.3) is 0 Å². The van der Waals surface area contributed by atoms with Crippen LogP contribution in [0.4, 0.5) is 5.69 Å². The SMILES string of the molecule is CC(NC(=O)[C@@H]1CCCN1C1=NS(=O)(=O)c2ccccc21)c1ccc(N2CCOCC2)cc1. The summed E-state index contributed by atoms with van der Waals surface area (Å²) in [4.78, 5) is 17.5. The van der Waals surface area contributed by atoms with Crippen molar-refractivity contribution in [1.82, 2.24) is 10.2 Å². The molecule has 1 unspecified atom stereocenters. The fourth-order valence-corrected chi connectivity index (χ4v) is 5.99. The second kappa shape index (κ2) is 8.79. The molecule has 0 aliphatic carbocycles. The highest BCUT2D eigenvalue weighted by Gasteiger charge is 2.39. The Labute approximate surface area is 194 Å². The van der Waals surface area contributed by atoms with Crippen molar-refractivity contribution in [1.29, 1.82) is 0 Å². The monoisotopic (exact) mass is 468 g/mol. The molecule has 174 valence electrons. The number of amides is 1. The number of carbonyl (C=O) groups excluding carboxylic acids is 1. The number of likely N-dealkylation sites (tertiary alicyclic amines) is 1. The number of morpholine rings is 1. The highest BCUT2D eigenvalue weighted by molar-refractivity contribution is 7.90. The first kappa shape index (κ1) is 21.9. The average molecular weight is 469 g/mol. The summed E-state index contributed by atoms with van der Waals surface area (Å²) in [5, 5.41) is 3.12. The fraction of sp³-hybridized carbons (Fsp3) is 0.417. The van der Waals surface area contributed by atoms with Gasteiger partial charge in [0.15, 0.2) is 5.84 Å². The number of amidine groups is 1. The lowest BCUT2D eigenvalue weighted by Gasteiger charge is -2.29. The van der Waals surface area contributed by atoms with Crippen LogP contribution in [0.5, 0.6) is 0 Å². The van der Waals surface area contributed by atoms with Crippen LogP contribution in [-0.4, -0.2) is 64.0 Å². The van der Waals surface area contributed by atoms with E-state index in [2.05, 4.69) is 26.7 Å². The Kier molecular flexibility index (Phi) is 5.84. The minimum Gasteiger partial charge on any atom is -0.378 e. The smallest absolute Gasteiger partial charge is 0.285 e. The highest BCUT2D eigenvalue weighted by atomic mass is 32.2. The van der Waals surface area contributed by atoms with Crippen LogP contribution in [0.3, 0.4) is 0 Å². The van der Waals surface area contributed by atoms with Crippen LogP contribution in [0.15, 0.2) is 57.8 Å². The number of hydrogen-bond acceptors (Lipinski definition) is 6. The van der Waals surface area contributed by atoms with E-state index < -0.39 is 16.1 Å². The van der Waals surface area contributed by atoms with Gasteiger partial charge in [-0.2, -0.15) is 8.42 Å². The van der Waals surface area contributed by atoms with Gasteiger partial charge in [-0.3, -0.25) is 4.79 Å². The topological polar surface area (TPSA) is 91.3 Å². The molecule has 3 heterocycles. The van der Waals surface area contributed by atoms with Crippen molar-refractivity contribution in [2.45, 2.75) is 36.7 Å². The fourth-order valence-electron chi connectivity index (χ4n) is 4.78. The Balaban J connectivity index is 1.29. The zero-order valence-electron chi connectivity index (χ0n) is 18.6. The van der Waals surface area contributed by atoms with E-state index in [0.29, 0.717) is 24.4 Å². The van der Waals surface area contributed by atoms with Crippen LogP contribution in [0, 0.1) is 0 Å². The second-order valence-corrected chi connectivity index (χ2v) is 10.2. The van der Waals surface area contributed by atoms with E-state index in [9.17, 15) is 13.2 Å². The summed E-state index contributed by atoms with van der Waals surface area (Å²) in [5.74, 6) is 0.271. The van der Waals surface area contributed by atoms with Crippen LogP contribution in [-0.2, 0) is 19.6 Å². The van der Waals surface area contributed by atoms with Crippen molar-refractivity contribution >= 4 is 27.5 Å². The van der Waals surface area contributed by atoms with E-state index >= 15 is 0 Å². The van der Waals surface area contributed by atoms with Gasteiger partial charge in [0.25, 0.3) is 10.0 Å². The largest absolute Gasteiger partial charge is 0.378 e. The predicted octanol–water partition coefficient (Wildman–Crippen LogP) is 2.31. The molecule has 2 fully saturated rings. The third-order valence-electron chi connectivity index (χ3n) is 6.57. The maximum atomic E-state index is 13.2. The first-order valence-electron chi connectivity index (χ1n) is 11.4. The van der Waals surface area contributed by atoms with Crippen LogP contribution in [0.2, 0.25) is 0 Å². The molecule has 2 saturated heterocycles. The standard InChI is InChI=1S/C24H28N4O4S/c1-17(18-8-10-19(11-9-18)27-13-15-32-16-14-27)25-24(29)21-6-4-12-28(21)23-20-5-2-3-7-22(20)33(30,31)26-23/h2-3,5,7-11,17,21H,4,6,12-16H2,1H3,(H,25,29)/t17?,21-/m0/s1. The first-order chi connectivity index (χ1) is 15.9. The molecule has 2 aromatic carbocycles. The van der Waals surface area contributed by atoms with Crippen LogP contribution < -0.4 is 10.2 Å². The third kappa shape index (κ3) is 4.22. The summed E-state index contributed by atoms with van der Waals surface area (Å²) >= 11 is 0. The lowest BCUT2D eigenvalue weighted by atomic mass is 10.1. The van der Waals surface area contributed by atoms with E-state index in [1.807, 2.05) is 24.0 Å². The number of anilines is 1. The number of rotatable bonds is 4. The zero-order chi connectivity index (χ0) is 23.0. The van der Waals surface area contributed by atoms with E-state index in [1.165, 1.54) is 0 Å². The zero-order valence-corrected chi connectivity index (χ0v) is 19.4. The Morgan fingerprint density at radius 2 is 1.82 bits per heavy atom. The van der Waals surface area contributed by atoms with E-state index in [-0.39, 0.29) is 16.8 Å². The van der Waals surface area contributed by atoms with Gasteiger partial charge in [-0.25, -0.2) is 0 Å². The lowest BCUT2D eigenvalue weighted by molar-refractivity contribution is -0.125. The minimum absolute atomic E-state index is 0.110. The predicted molar refractivity (Wildman–Crippen MR) is 126 cm³/mol. The van der Waals surface area contributed by atoms with Gasteiger partial charge >= 0.3 is 0 Å². The van der Waals surface area contributed by atoms with Crippen molar-refractivity contribution in [3.8, 4) is 0 Å². The average Bonchev–Trinajstić information content (AvgIpc) is 3.42. The van der Waals surface area contributed by atoms with Gasteiger partial charge < -0.3 is 19.9 Å². The number of hydrogen-bond donors (Lipinski definition) is 1. The number of nitrogens with zero attached hydrogens (tertiary/aromatic N) is 3. The molecule has 0 bridgehead atoms. The molecule has 8 nitrogen and oxygen atoms in total. The molecule has 2 aromatic rings. The van der Waals surface area contributed by atoms with E-state index in [4.69, 9.17) is 4.74 Å². The Bertz CT molecular complexity index is 1170. The number of nitrogens with one attached hydrogen (secondary N) is 1. The van der Waals surface area contributed by atoms with Gasteiger partial charge in [-0.1, -0.05) is 24.3 Å². The van der Waals surface area contributed by atoms with E-state index in [0.717, 1.165) is 44.0 Å². The molecule has 0 spiro atoms. The highest BCUT2D eigenvalue weighted by Crippen LogP contribution is 2.31. The van der Waals surface area contributed by atoms with E-state index in [1.54, 1.807) is 24.3 Å². The van der Waals surface area contributed by atoms with Crippen molar-refractivity contribution in [3.05, 3.63) is 59.7 Å². The van der Waals surface area contributed by atoms with Gasteiger partial charge in [0.05, 0.1) is 19.3 Å². The molecule has 2 atom stereocenters. The van der Waals surface area contributed by atoms with Gasteiger partial charge in [-0.15, -0.1) is 4.40 Å². The number of fused-ring (bicyclic) bond motifs is 1. The maximum Gasteiger partial charge on any atom is 0.285 e. The number of ether oxygens (including phenoxy) is 1. The molecule has 33 heavy (non-hydrogen) atoms. The summed E-state index contributed by atoms with van der Waals surface area (Å²) in [6.07, 6.45) is 1.47. The molecule has 0 aromatic heterocycles. The lowest BCUT2D eigenvalue weighted by Crippen LogP contribution is -2.46. The van der Waals surface area contributed by atoms with Crippen LogP contribution >= 0.6 is 0 Å². The van der Waals surface area contributed by atoms with Gasteiger partial charge in [-0.05, 0) is 49.6 Å². The Morgan fingerprint density at radius 3 is 2.58 bits per heavy atom. The van der Waals surface area contributed by atoms with Crippen molar-refractivity contribution < 1.29 is 17.9 Å².